The third kappa shape index (κ3) is 3.64. The predicted octanol–water partition coefficient (Wildman–Crippen LogP) is 2.70. The number of benzene rings is 2. The lowest BCUT2D eigenvalue weighted by Gasteiger charge is -2.19. The largest absolute Gasteiger partial charge is 0.337 e. The van der Waals surface area contributed by atoms with Crippen molar-refractivity contribution in [1.82, 2.24) is 4.90 Å². The highest BCUT2D eigenvalue weighted by Crippen LogP contribution is 2.14. The molecule has 0 bridgehead atoms. The van der Waals surface area contributed by atoms with Crippen LogP contribution in [0.1, 0.15) is 21.5 Å². The van der Waals surface area contributed by atoms with E-state index < -0.39 is 17.5 Å². The summed E-state index contributed by atoms with van der Waals surface area (Å²) in [5, 5.41) is 0. The van der Waals surface area contributed by atoms with E-state index in [4.69, 9.17) is 5.73 Å². The first kappa shape index (κ1) is 15.1. The molecule has 0 aliphatic rings. The van der Waals surface area contributed by atoms with Gasteiger partial charge in [0, 0.05) is 31.8 Å². The highest BCUT2D eigenvalue weighted by Gasteiger charge is 2.15. The molecule has 0 heterocycles. The van der Waals surface area contributed by atoms with Crippen molar-refractivity contribution in [2.45, 2.75) is 13.1 Å². The van der Waals surface area contributed by atoms with E-state index in [2.05, 4.69) is 0 Å². The summed E-state index contributed by atoms with van der Waals surface area (Å²) in [6.45, 7) is 0.692. The quantitative estimate of drug-likeness (QED) is 0.941. The maximum absolute atomic E-state index is 13.2. The van der Waals surface area contributed by atoms with Gasteiger partial charge in [0.05, 0.1) is 0 Å². The van der Waals surface area contributed by atoms with Crippen molar-refractivity contribution in [1.29, 1.82) is 0 Å². The Hall–Kier alpha value is -2.27. The molecule has 0 saturated carbocycles. The molecule has 0 radical (unpaired) electrons. The van der Waals surface area contributed by atoms with Gasteiger partial charge in [0.1, 0.15) is 11.6 Å². The molecule has 3 nitrogen and oxygen atoms in total. The summed E-state index contributed by atoms with van der Waals surface area (Å²) in [5.41, 5.74) is 7.48. The Bertz CT molecular complexity index is 638. The van der Waals surface area contributed by atoms with E-state index in [1.807, 2.05) is 24.3 Å². The van der Waals surface area contributed by atoms with Crippen LogP contribution in [0.5, 0.6) is 0 Å². The molecule has 0 aliphatic carbocycles. The van der Waals surface area contributed by atoms with Crippen LogP contribution in [-0.2, 0) is 13.1 Å². The van der Waals surface area contributed by atoms with E-state index in [0.29, 0.717) is 13.1 Å². The molecule has 1 amide bonds. The number of amides is 1. The summed E-state index contributed by atoms with van der Waals surface area (Å²) in [6, 6.07) is 10.3. The zero-order chi connectivity index (χ0) is 15.4. The number of nitrogens with two attached hydrogens (primary N) is 1. The summed E-state index contributed by atoms with van der Waals surface area (Å²) >= 11 is 0. The molecule has 5 heteroatoms. The lowest BCUT2D eigenvalue weighted by molar-refractivity contribution is 0.0783. The smallest absolute Gasteiger partial charge is 0.254 e. The third-order valence-electron chi connectivity index (χ3n) is 3.20. The van der Waals surface area contributed by atoms with E-state index in [0.717, 1.165) is 29.3 Å². The second kappa shape index (κ2) is 6.45. The van der Waals surface area contributed by atoms with Crippen LogP contribution in [-0.4, -0.2) is 17.9 Å². The molecule has 0 atom stereocenters. The van der Waals surface area contributed by atoms with Gasteiger partial charge in [-0.3, -0.25) is 4.79 Å². The zero-order valence-corrected chi connectivity index (χ0v) is 11.6. The summed E-state index contributed by atoms with van der Waals surface area (Å²) in [5.74, 6) is -1.98. The maximum Gasteiger partial charge on any atom is 0.254 e. The van der Waals surface area contributed by atoms with Crippen molar-refractivity contribution in [2.75, 3.05) is 7.05 Å². The monoisotopic (exact) mass is 290 g/mol. The van der Waals surface area contributed by atoms with Gasteiger partial charge in [-0.1, -0.05) is 24.3 Å². The average Bonchev–Trinajstić information content (AvgIpc) is 2.46. The fraction of sp³-hybridized carbons (Fsp3) is 0.188. The number of carbonyl (C=O) groups is 1. The SMILES string of the molecule is CN(Cc1ccccc1CN)C(=O)c1cc(F)cc(F)c1. The summed E-state index contributed by atoms with van der Waals surface area (Å²) in [4.78, 5) is 13.6. The van der Waals surface area contributed by atoms with Crippen LogP contribution in [0.4, 0.5) is 8.78 Å². The Morgan fingerprint density at radius 2 is 1.67 bits per heavy atom. The predicted molar refractivity (Wildman–Crippen MR) is 76.5 cm³/mol. The summed E-state index contributed by atoms with van der Waals surface area (Å²) in [7, 11) is 1.58. The molecule has 110 valence electrons. The normalized spacial score (nSPS) is 10.5. The van der Waals surface area contributed by atoms with Crippen LogP contribution in [0.2, 0.25) is 0 Å². The molecular weight excluding hydrogens is 274 g/mol. The minimum Gasteiger partial charge on any atom is -0.337 e. The molecule has 0 spiro atoms. The van der Waals surface area contributed by atoms with Gasteiger partial charge in [0.25, 0.3) is 5.91 Å². The first-order chi connectivity index (χ1) is 10.0. The minimum absolute atomic E-state index is 0.0137. The third-order valence-corrected chi connectivity index (χ3v) is 3.20. The van der Waals surface area contributed by atoms with Crippen LogP contribution in [0, 0.1) is 11.6 Å². The van der Waals surface area contributed by atoms with Gasteiger partial charge in [0.2, 0.25) is 0 Å². The lowest BCUT2D eigenvalue weighted by atomic mass is 10.1. The zero-order valence-electron chi connectivity index (χ0n) is 11.6. The van der Waals surface area contributed by atoms with Crippen LogP contribution in [0.25, 0.3) is 0 Å². The van der Waals surface area contributed by atoms with Gasteiger partial charge in [-0.05, 0) is 23.3 Å². The van der Waals surface area contributed by atoms with E-state index in [9.17, 15) is 13.6 Å². The Morgan fingerprint density at radius 1 is 1.10 bits per heavy atom. The van der Waals surface area contributed by atoms with Crippen molar-refractivity contribution in [3.63, 3.8) is 0 Å². The highest BCUT2D eigenvalue weighted by atomic mass is 19.1. The molecule has 0 aromatic heterocycles. The van der Waals surface area contributed by atoms with Gasteiger partial charge >= 0.3 is 0 Å². The average molecular weight is 290 g/mol. The second-order valence-corrected chi connectivity index (χ2v) is 4.79. The van der Waals surface area contributed by atoms with Gasteiger partial charge in [0.15, 0.2) is 0 Å². The molecule has 2 rings (SSSR count). The van der Waals surface area contributed by atoms with Crippen molar-refractivity contribution < 1.29 is 13.6 Å². The highest BCUT2D eigenvalue weighted by molar-refractivity contribution is 5.94. The molecule has 0 aliphatic heterocycles. The molecule has 0 saturated heterocycles. The van der Waals surface area contributed by atoms with Crippen molar-refractivity contribution in [3.05, 3.63) is 70.8 Å². The van der Waals surface area contributed by atoms with Crippen molar-refractivity contribution >= 4 is 5.91 Å². The van der Waals surface area contributed by atoms with E-state index in [1.165, 1.54) is 4.90 Å². The lowest BCUT2D eigenvalue weighted by Crippen LogP contribution is -2.27. The van der Waals surface area contributed by atoms with E-state index >= 15 is 0 Å². The van der Waals surface area contributed by atoms with E-state index in [1.54, 1.807) is 7.05 Å². The first-order valence-electron chi connectivity index (χ1n) is 6.49. The fourth-order valence-electron chi connectivity index (χ4n) is 2.14. The Kier molecular flexibility index (Phi) is 4.65. The second-order valence-electron chi connectivity index (χ2n) is 4.79. The standard InChI is InChI=1S/C16H16F2N2O/c1-20(10-12-5-3-2-4-11(12)9-19)16(21)13-6-14(17)8-15(18)7-13/h2-8H,9-10,19H2,1H3. The number of hydrogen-bond donors (Lipinski definition) is 1. The molecule has 2 aromatic carbocycles. The Balaban J connectivity index is 2.19. The van der Waals surface area contributed by atoms with Crippen LogP contribution >= 0.6 is 0 Å². The first-order valence-corrected chi connectivity index (χ1v) is 6.49. The van der Waals surface area contributed by atoms with Crippen LogP contribution in [0.3, 0.4) is 0 Å². The number of nitrogens with zero attached hydrogens (tertiary/aromatic N) is 1. The minimum atomic E-state index is -0.769. The fourth-order valence-corrected chi connectivity index (χ4v) is 2.14. The van der Waals surface area contributed by atoms with Gasteiger partial charge in [-0.2, -0.15) is 0 Å². The van der Waals surface area contributed by atoms with E-state index in [-0.39, 0.29) is 5.56 Å². The van der Waals surface area contributed by atoms with Crippen LogP contribution < -0.4 is 5.73 Å². The number of carbonyl (C=O) groups excluding carboxylic acids is 1. The molecule has 0 fully saturated rings. The van der Waals surface area contributed by atoms with Crippen molar-refractivity contribution in [2.24, 2.45) is 5.73 Å². The van der Waals surface area contributed by atoms with Crippen LogP contribution in [0.15, 0.2) is 42.5 Å². The number of hydrogen-bond acceptors (Lipinski definition) is 2. The summed E-state index contributed by atoms with van der Waals surface area (Å²) < 4.78 is 26.3. The van der Waals surface area contributed by atoms with Gasteiger partial charge in [-0.15, -0.1) is 0 Å². The number of rotatable bonds is 4. The topological polar surface area (TPSA) is 46.3 Å². The molecule has 0 unspecified atom stereocenters. The van der Waals surface area contributed by atoms with Gasteiger partial charge in [-0.25, -0.2) is 8.78 Å². The molecular formula is C16H16F2N2O. The van der Waals surface area contributed by atoms with Gasteiger partial charge < -0.3 is 10.6 Å². The molecule has 2 N–H and O–H groups in total. The Morgan fingerprint density at radius 3 is 2.24 bits per heavy atom. The summed E-state index contributed by atoms with van der Waals surface area (Å²) in [6.07, 6.45) is 0. The molecule has 21 heavy (non-hydrogen) atoms. The Labute approximate surface area is 122 Å². The number of halogens is 2. The maximum atomic E-state index is 13.2. The molecule has 2 aromatic rings. The van der Waals surface area contributed by atoms with Crippen molar-refractivity contribution in [3.8, 4) is 0 Å².